The SMILES string of the molecule is Cn1cc(-c2noc(C3CCCC3)n2)ccc1=O. The fourth-order valence-corrected chi connectivity index (χ4v) is 2.42. The maximum Gasteiger partial charge on any atom is 0.250 e. The third-order valence-corrected chi connectivity index (χ3v) is 3.49. The summed E-state index contributed by atoms with van der Waals surface area (Å²) in [4.78, 5) is 15.8. The molecule has 2 aromatic rings. The second-order valence-corrected chi connectivity index (χ2v) is 4.80. The number of rotatable bonds is 2. The van der Waals surface area contributed by atoms with Crippen LogP contribution >= 0.6 is 0 Å². The van der Waals surface area contributed by atoms with Crippen molar-refractivity contribution in [3.05, 3.63) is 34.6 Å². The number of hydrogen-bond acceptors (Lipinski definition) is 4. The normalized spacial score (nSPS) is 16.3. The number of hydrogen-bond donors (Lipinski definition) is 0. The third-order valence-electron chi connectivity index (χ3n) is 3.49. The lowest BCUT2D eigenvalue weighted by molar-refractivity contribution is 0.354. The van der Waals surface area contributed by atoms with Crippen LogP contribution in [0.3, 0.4) is 0 Å². The van der Waals surface area contributed by atoms with Gasteiger partial charge in [-0.15, -0.1) is 0 Å². The number of aryl methyl sites for hydroxylation is 1. The minimum atomic E-state index is -0.0433. The Morgan fingerprint density at radius 1 is 1.33 bits per heavy atom. The van der Waals surface area contributed by atoms with Gasteiger partial charge >= 0.3 is 0 Å². The first-order valence-electron chi connectivity index (χ1n) is 6.25. The van der Waals surface area contributed by atoms with Gasteiger partial charge < -0.3 is 9.09 Å². The maximum atomic E-state index is 11.3. The van der Waals surface area contributed by atoms with Crippen molar-refractivity contribution in [3.8, 4) is 11.4 Å². The van der Waals surface area contributed by atoms with Crippen molar-refractivity contribution in [2.24, 2.45) is 7.05 Å². The van der Waals surface area contributed by atoms with E-state index in [4.69, 9.17) is 4.52 Å². The van der Waals surface area contributed by atoms with Gasteiger partial charge in [0.2, 0.25) is 17.3 Å². The fourth-order valence-electron chi connectivity index (χ4n) is 2.42. The summed E-state index contributed by atoms with van der Waals surface area (Å²) in [5.74, 6) is 1.71. The summed E-state index contributed by atoms with van der Waals surface area (Å²) < 4.78 is 6.84. The Bertz CT molecular complexity index is 609. The molecule has 1 fully saturated rings. The van der Waals surface area contributed by atoms with Crippen molar-refractivity contribution in [2.45, 2.75) is 31.6 Å². The molecule has 0 N–H and O–H groups in total. The van der Waals surface area contributed by atoms with Crippen LogP contribution in [0.4, 0.5) is 0 Å². The summed E-state index contributed by atoms with van der Waals surface area (Å²) in [6.45, 7) is 0. The Labute approximate surface area is 104 Å². The molecule has 0 spiro atoms. The maximum absolute atomic E-state index is 11.3. The number of nitrogens with zero attached hydrogens (tertiary/aromatic N) is 3. The molecule has 1 saturated carbocycles. The van der Waals surface area contributed by atoms with Crippen molar-refractivity contribution < 1.29 is 4.52 Å². The van der Waals surface area contributed by atoms with Gasteiger partial charge in [0.1, 0.15) is 0 Å². The van der Waals surface area contributed by atoms with E-state index in [-0.39, 0.29) is 5.56 Å². The molecule has 5 nitrogen and oxygen atoms in total. The molecule has 0 radical (unpaired) electrons. The Balaban J connectivity index is 1.92. The molecule has 1 aliphatic carbocycles. The van der Waals surface area contributed by atoms with E-state index in [2.05, 4.69) is 10.1 Å². The van der Waals surface area contributed by atoms with E-state index in [1.807, 2.05) is 0 Å². The van der Waals surface area contributed by atoms with Crippen LogP contribution in [0.25, 0.3) is 11.4 Å². The molecule has 0 saturated heterocycles. The zero-order valence-electron chi connectivity index (χ0n) is 10.3. The summed E-state index contributed by atoms with van der Waals surface area (Å²) in [5, 5.41) is 4.00. The Morgan fingerprint density at radius 2 is 2.11 bits per heavy atom. The van der Waals surface area contributed by atoms with Gasteiger partial charge in [0, 0.05) is 30.8 Å². The van der Waals surface area contributed by atoms with Gasteiger partial charge in [-0.25, -0.2) is 0 Å². The predicted octanol–water partition coefficient (Wildman–Crippen LogP) is 2.09. The molecule has 18 heavy (non-hydrogen) atoms. The molecule has 2 heterocycles. The van der Waals surface area contributed by atoms with Crippen molar-refractivity contribution in [1.29, 1.82) is 0 Å². The second kappa shape index (κ2) is 4.40. The first kappa shape index (κ1) is 11.2. The average Bonchev–Trinajstić information content (AvgIpc) is 3.01. The summed E-state index contributed by atoms with van der Waals surface area (Å²) in [6, 6.07) is 3.24. The van der Waals surface area contributed by atoms with Crippen LogP contribution in [-0.2, 0) is 7.05 Å². The first-order chi connectivity index (χ1) is 8.74. The smallest absolute Gasteiger partial charge is 0.250 e. The zero-order valence-corrected chi connectivity index (χ0v) is 10.3. The Kier molecular flexibility index (Phi) is 2.74. The van der Waals surface area contributed by atoms with Gasteiger partial charge in [-0.2, -0.15) is 4.98 Å². The van der Waals surface area contributed by atoms with Crippen LogP contribution in [0, 0.1) is 0 Å². The lowest BCUT2D eigenvalue weighted by Gasteiger charge is -2.00. The van der Waals surface area contributed by atoms with E-state index < -0.39 is 0 Å². The van der Waals surface area contributed by atoms with Crippen LogP contribution < -0.4 is 5.56 Å². The molecular formula is C13H15N3O2. The monoisotopic (exact) mass is 245 g/mol. The highest BCUT2D eigenvalue weighted by atomic mass is 16.5. The number of pyridine rings is 1. The van der Waals surface area contributed by atoms with Crippen LogP contribution in [-0.4, -0.2) is 14.7 Å². The molecule has 5 heteroatoms. The Morgan fingerprint density at radius 3 is 2.83 bits per heavy atom. The van der Waals surface area contributed by atoms with Crippen LogP contribution in [0.1, 0.15) is 37.5 Å². The van der Waals surface area contributed by atoms with Crippen molar-refractivity contribution in [1.82, 2.24) is 14.7 Å². The van der Waals surface area contributed by atoms with E-state index >= 15 is 0 Å². The zero-order chi connectivity index (χ0) is 12.5. The molecule has 0 amide bonds. The van der Waals surface area contributed by atoms with E-state index in [1.165, 1.54) is 23.5 Å². The Hall–Kier alpha value is -1.91. The number of aromatic nitrogens is 3. The lowest BCUT2D eigenvalue weighted by atomic mass is 10.1. The van der Waals surface area contributed by atoms with Gasteiger partial charge in [-0.3, -0.25) is 4.79 Å². The summed E-state index contributed by atoms with van der Waals surface area (Å²) >= 11 is 0. The molecule has 3 rings (SSSR count). The van der Waals surface area contributed by atoms with Crippen LogP contribution in [0.5, 0.6) is 0 Å². The highest BCUT2D eigenvalue weighted by Crippen LogP contribution is 2.33. The largest absolute Gasteiger partial charge is 0.339 e. The second-order valence-electron chi connectivity index (χ2n) is 4.80. The van der Waals surface area contributed by atoms with Gasteiger partial charge in [0.05, 0.1) is 0 Å². The first-order valence-corrected chi connectivity index (χ1v) is 6.25. The van der Waals surface area contributed by atoms with Gasteiger partial charge in [0.25, 0.3) is 0 Å². The average molecular weight is 245 g/mol. The van der Waals surface area contributed by atoms with E-state index in [1.54, 1.807) is 19.3 Å². The molecule has 0 bridgehead atoms. The van der Waals surface area contributed by atoms with E-state index in [0.29, 0.717) is 11.7 Å². The van der Waals surface area contributed by atoms with E-state index in [0.717, 1.165) is 24.3 Å². The van der Waals surface area contributed by atoms with Crippen LogP contribution in [0.2, 0.25) is 0 Å². The minimum Gasteiger partial charge on any atom is -0.339 e. The molecule has 0 unspecified atom stereocenters. The highest BCUT2D eigenvalue weighted by Gasteiger charge is 2.23. The standard InChI is InChI=1S/C13H15N3O2/c1-16-8-10(6-7-11(16)17)12-14-13(18-15-12)9-4-2-3-5-9/h6-9H,2-5H2,1H3. The molecule has 0 aromatic carbocycles. The van der Waals surface area contributed by atoms with Crippen LogP contribution in [0.15, 0.2) is 27.6 Å². The van der Waals surface area contributed by atoms with Crippen molar-refractivity contribution >= 4 is 0 Å². The quantitative estimate of drug-likeness (QED) is 0.812. The molecule has 94 valence electrons. The molecule has 1 aliphatic rings. The van der Waals surface area contributed by atoms with Crippen molar-refractivity contribution in [3.63, 3.8) is 0 Å². The summed E-state index contributed by atoms with van der Waals surface area (Å²) in [5.41, 5.74) is 0.767. The fraction of sp³-hybridized carbons (Fsp3) is 0.462. The molecular weight excluding hydrogens is 230 g/mol. The van der Waals surface area contributed by atoms with Crippen molar-refractivity contribution in [2.75, 3.05) is 0 Å². The van der Waals surface area contributed by atoms with Gasteiger partial charge in [-0.1, -0.05) is 18.0 Å². The predicted molar refractivity (Wildman–Crippen MR) is 66.2 cm³/mol. The third kappa shape index (κ3) is 1.96. The lowest BCUT2D eigenvalue weighted by Crippen LogP contribution is -2.14. The van der Waals surface area contributed by atoms with E-state index in [9.17, 15) is 4.79 Å². The highest BCUT2D eigenvalue weighted by molar-refractivity contribution is 5.52. The minimum absolute atomic E-state index is 0.0433. The van der Waals surface area contributed by atoms with Gasteiger partial charge in [-0.05, 0) is 18.9 Å². The summed E-state index contributed by atoms with van der Waals surface area (Å²) in [6.07, 6.45) is 6.47. The van der Waals surface area contributed by atoms with Gasteiger partial charge in [0.15, 0.2) is 0 Å². The summed E-state index contributed by atoms with van der Waals surface area (Å²) in [7, 11) is 1.71. The topological polar surface area (TPSA) is 60.9 Å². The molecule has 2 aromatic heterocycles. The molecule has 0 atom stereocenters. The molecule has 0 aliphatic heterocycles.